The smallest absolute Gasteiger partial charge is 0.223 e. The number of halogens is 1. The van der Waals surface area contributed by atoms with Crippen LogP contribution in [0.5, 0.6) is 0 Å². The Morgan fingerprint density at radius 3 is 2.55 bits per heavy atom. The maximum Gasteiger partial charge on any atom is 0.223 e. The highest BCUT2D eigenvalue weighted by Crippen LogP contribution is 2.17. The highest BCUT2D eigenvalue weighted by Gasteiger charge is 2.30. The molecule has 112 valence electrons. The Morgan fingerprint density at radius 2 is 2.05 bits per heavy atom. The van der Waals surface area contributed by atoms with E-state index < -0.39 is 5.54 Å². The fourth-order valence-corrected chi connectivity index (χ4v) is 1.95. The van der Waals surface area contributed by atoms with Crippen molar-refractivity contribution in [2.24, 2.45) is 17.6 Å². The molecule has 0 aliphatic rings. The van der Waals surface area contributed by atoms with Crippen LogP contribution in [-0.4, -0.2) is 18.0 Å². The van der Waals surface area contributed by atoms with Crippen molar-refractivity contribution in [1.29, 1.82) is 0 Å². The number of carbonyl (C=O) groups excluding carboxylic acids is 1. The Kier molecular flexibility index (Phi) is 5.69. The SMILES string of the molecule is CC(Cc1cccc(F)c1)C(=O)NC(C)(CN)C(C)C. The molecule has 2 unspecified atom stereocenters. The van der Waals surface area contributed by atoms with E-state index in [2.05, 4.69) is 5.32 Å². The molecule has 2 atom stereocenters. The van der Waals surface area contributed by atoms with Gasteiger partial charge in [-0.15, -0.1) is 0 Å². The summed E-state index contributed by atoms with van der Waals surface area (Å²) in [5.41, 5.74) is 6.18. The second-order valence-corrected chi connectivity index (χ2v) is 6.00. The van der Waals surface area contributed by atoms with Gasteiger partial charge >= 0.3 is 0 Å². The first-order valence-electron chi connectivity index (χ1n) is 7.05. The third-order valence-electron chi connectivity index (χ3n) is 3.99. The summed E-state index contributed by atoms with van der Waals surface area (Å²) >= 11 is 0. The Hall–Kier alpha value is -1.42. The first-order chi connectivity index (χ1) is 9.28. The van der Waals surface area contributed by atoms with Crippen molar-refractivity contribution in [2.75, 3.05) is 6.54 Å². The van der Waals surface area contributed by atoms with Crippen LogP contribution in [0.3, 0.4) is 0 Å². The van der Waals surface area contributed by atoms with Gasteiger partial charge in [-0.25, -0.2) is 4.39 Å². The molecule has 3 nitrogen and oxygen atoms in total. The molecule has 3 N–H and O–H groups in total. The van der Waals surface area contributed by atoms with E-state index in [0.29, 0.717) is 13.0 Å². The van der Waals surface area contributed by atoms with Crippen LogP contribution in [0.15, 0.2) is 24.3 Å². The summed E-state index contributed by atoms with van der Waals surface area (Å²) in [6, 6.07) is 6.36. The maximum absolute atomic E-state index is 13.1. The standard InChI is InChI=1S/C16H25FN2O/c1-11(2)16(4,10-18)19-15(20)12(3)8-13-6-5-7-14(17)9-13/h5-7,9,11-12H,8,10,18H2,1-4H3,(H,19,20). The number of nitrogens with two attached hydrogens (primary N) is 1. The van der Waals surface area contributed by atoms with Crippen LogP contribution in [0.4, 0.5) is 4.39 Å². The molecule has 20 heavy (non-hydrogen) atoms. The molecule has 1 aromatic carbocycles. The van der Waals surface area contributed by atoms with Gasteiger partial charge in [-0.1, -0.05) is 32.9 Å². The summed E-state index contributed by atoms with van der Waals surface area (Å²) in [6.07, 6.45) is 0.516. The topological polar surface area (TPSA) is 55.1 Å². The number of carbonyl (C=O) groups is 1. The maximum atomic E-state index is 13.1. The number of nitrogens with one attached hydrogen (secondary N) is 1. The molecule has 0 spiro atoms. The van der Waals surface area contributed by atoms with Crippen molar-refractivity contribution in [3.05, 3.63) is 35.6 Å². The van der Waals surface area contributed by atoms with E-state index in [1.165, 1.54) is 12.1 Å². The Morgan fingerprint density at radius 1 is 1.40 bits per heavy atom. The van der Waals surface area contributed by atoms with Gasteiger partial charge in [0.05, 0.1) is 5.54 Å². The number of amides is 1. The largest absolute Gasteiger partial charge is 0.349 e. The predicted molar refractivity (Wildman–Crippen MR) is 79.7 cm³/mol. The molecule has 1 aromatic rings. The molecule has 0 aliphatic carbocycles. The quantitative estimate of drug-likeness (QED) is 0.841. The molecule has 0 heterocycles. The molecule has 0 saturated heterocycles. The van der Waals surface area contributed by atoms with Crippen LogP contribution >= 0.6 is 0 Å². The molecule has 0 bridgehead atoms. The molecular formula is C16H25FN2O. The zero-order chi connectivity index (χ0) is 15.3. The van der Waals surface area contributed by atoms with Gasteiger partial charge < -0.3 is 11.1 Å². The lowest BCUT2D eigenvalue weighted by Gasteiger charge is -2.34. The van der Waals surface area contributed by atoms with E-state index in [1.54, 1.807) is 6.07 Å². The molecule has 0 fully saturated rings. The number of rotatable bonds is 6. The van der Waals surface area contributed by atoms with Crippen LogP contribution in [-0.2, 0) is 11.2 Å². The second-order valence-electron chi connectivity index (χ2n) is 6.00. The van der Waals surface area contributed by atoms with Crippen LogP contribution < -0.4 is 11.1 Å². The van der Waals surface area contributed by atoms with Gasteiger partial charge in [-0.2, -0.15) is 0 Å². The van der Waals surface area contributed by atoms with Crippen molar-refractivity contribution in [3.63, 3.8) is 0 Å². The minimum Gasteiger partial charge on any atom is -0.349 e. The van der Waals surface area contributed by atoms with E-state index >= 15 is 0 Å². The molecule has 1 rings (SSSR count). The van der Waals surface area contributed by atoms with Crippen LogP contribution in [0, 0.1) is 17.7 Å². The number of benzene rings is 1. The lowest BCUT2D eigenvalue weighted by molar-refractivity contribution is -0.126. The molecule has 0 aliphatic heterocycles. The highest BCUT2D eigenvalue weighted by molar-refractivity contribution is 5.79. The molecule has 1 amide bonds. The molecular weight excluding hydrogens is 255 g/mol. The predicted octanol–water partition coefficient (Wildman–Crippen LogP) is 2.49. The summed E-state index contributed by atoms with van der Waals surface area (Å²) in [7, 11) is 0. The molecule has 0 saturated carbocycles. The third-order valence-corrected chi connectivity index (χ3v) is 3.99. The van der Waals surface area contributed by atoms with Crippen LogP contribution in [0.25, 0.3) is 0 Å². The fourth-order valence-electron chi connectivity index (χ4n) is 1.95. The van der Waals surface area contributed by atoms with Crippen molar-refractivity contribution in [2.45, 2.75) is 39.7 Å². The normalized spacial score (nSPS) is 15.8. The molecule has 0 radical (unpaired) electrons. The van der Waals surface area contributed by atoms with Gasteiger partial charge in [0, 0.05) is 12.5 Å². The lowest BCUT2D eigenvalue weighted by atomic mass is 9.87. The van der Waals surface area contributed by atoms with E-state index in [0.717, 1.165) is 5.56 Å². The van der Waals surface area contributed by atoms with Crippen LogP contribution in [0.2, 0.25) is 0 Å². The number of hydrogen-bond acceptors (Lipinski definition) is 2. The van der Waals surface area contributed by atoms with Crippen molar-refractivity contribution in [1.82, 2.24) is 5.32 Å². The second kappa shape index (κ2) is 6.84. The third kappa shape index (κ3) is 4.30. The Balaban J connectivity index is 2.68. The van der Waals surface area contributed by atoms with Crippen LogP contribution in [0.1, 0.15) is 33.3 Å². The number of hydrogen-bond donors (Lipinski definition) is 2. The van der Waals surface area contributed by atoms with E-state index in [-0.39, 0.29) is 23.6 Å². The average molecular weight is 280 g/mol. The minimum absolute atomic E-state index is 0.0455. The Bertz CT molecular complexity index is 462. The first-order valence-corrected chi connectivity index (χ1v) is 7.05. The molecule has 4 heteroatoms. The summed E-state index contributed by atoms with van der Waals surface area (Å²) in [6.45, 7) is 8.25. The first kappa shape index (κ1) is 16.6. The average Bonchev–Trinajstić information content (AvgIpc) is 2.38. The zero-order valence-electron chi connectivity index (χ0n) is 12.7. The van der Waals surface area contributed by atoms with Gasteiger partial charge in [0.15, 0.2) is 0 Å². The highest BCUT2D eigenvalue weighted by atomic mass is 19.1. The summed E-state index contributed by atoms with van der Waals surface area (Å²) in [5.74, 6) is -0.292. The summed E-state index contributed by atoms with van der Waals surface area (Å²) in [5, 5.41) is 3.02. The van der Waals surface area contributed by atoms with Gasteiger partial charge in [0.25, 0.3) is 0 Å². The van der Waals surface area contributed by atoms with Crippen molar-refractivity contribution in [3.8, 4) is 0 Å². The lowest BCUT2D eigenvalue weighted by Crippen LogP contribution is -2.56. The van der Waals surface area contributed by atoms with Gasteiger partial charge in [-0.3, -0.25) is 4.79 Å². The Labute approximate surface area is 120 Å². The van der Waals surface area contributed by atoms with E-state index in [9.17, 15) is 9.18 Å². The van der Waals surface area contributed by atoms with E-state index in [1.807, 2.05) is 33.8 Å². The fraction of sp³-hybridized carbons (Fsp3) is 0.562. The van der Waals surface area contributed by atoms with E-state index in [4.69, 9.17) is 5.73 Å². The van der Waals surface area contributed by atoms with Crippen molar-refractivity contribution < 1.29 is 9.18 Å². The summed E-state index contributed by atoms with van der Waals surface area (Å²) < 4.78 is 13.1. The van der Waals surface area contributed by atoms with Gasteiger partial charge in [-0.05, 0) is 37.0 Å². The van der Waals surface area contributed by atoms with Crippen molar-refractivity contribution >= 4 is 5.91 Å². The summed E-state index contributed by atoms with van der Waals surface area (Å²) in [4.78, 5) is 12.3. The minimum atomic E-state index is -0.409. The monoisotopic (exact) mass is 280 g/mol. The van der Waals surface area contributed by atoms with Gasteiger partial charge in [0.2, 0.25) is 5.91 Å². The molecule has 0 aromatic heterocycles. The zero-order valence-corrected chi connectivity index (χ0v) is 12.7. The van der Waals surface area contributed by atoms with Gasteiger partial charge in [0.1, 0.15) is 5.82 Å².